The summed E-state index contributed by atoms with van der Waals surface area (Å²) < 4.78 is 8.55. The molecule has 0 rings (SSSR count). The second-order valence-electron chi connectivity index (χ2n) is 0.447. The Morgan fingerprint density at radius 2 is 1.14 bits per heavy atom. The number of rotatable bonds is 0. The number of hydrogen-bond donors (Lipinski definition) is 0. The van der Waals surface area contributed by atoms with Gasteiger partial charge in [0.15, 0.2) is 0 Å². The van der Waals surface area contributed by atoms with Gasteiger partial charge in [0.2, 0.25) is 0 Å². The molecule has 0 heterocycles. The van der Waals surface area contributed by atoms with E-state index in [-0.39, 0.29) is 95.1 Å². The first kappa shape index (κ1) is 16.6. The van der Waals surface area contributed by atoms with Crippen molar-refractivity contribution in [2.75, 3.05) is 0 Å². The maximum Gasteiger partial charge on any atom is 4.00 e. The molecular formula is CsO4PZr+2. The van der Waals surface area contributed by atoms with Crippen molar-refractivity contribution < 1.29 is 114 Å². The molecule has 0 aromatic heterocycles. The van der Waals surface area contributed by atoms with Gasteiger partial charge in [-0.2, -0.15) is 7.82 Å². The van der Waals surface area contributed by atoms with Crippen LogP contribution in [-0.4, -0.2) is 0 Å². The fourth-order valence-electron chi connectivity index (χ4n) is 0. The Bertz CT molecular complexity index is 57.8. The van der Waals surface area contributed by atoms with Crippen LogP contribution in [0.3, 0.4) is 0 Å². The van der Waals surface area contributed by atoms with Crippen molar-refractivity contribution in [2.24, 2.45) is 0 Å². The molecule has 0 amide bonds. The molecule has 0 unspecified atom stereocenters. The third-order valence-electron chi connectivity index (χ3n) is 0. The van der Waals surface area contributed by atoms with Gasteiger partial charge in [-0.05, 0) is 0 Å². The number of hydrogen-bond acceptors (Lipinski definition) is 4. The van der Waals surface area contributed by atoms with E-state index in [1.165, 1.54) is 0 Å². The fraction of sp³-hybridized carbons (Fsp3) is 0. The van der Waals surface area contributed by atoms with Gasteiger partial charge in [0.1, 0.15) is 0 Å². The molecule has 0 saturated heterocycles. The van der Waals surface area contributed by atoms with Gasteiger partial charge in [-0.25, -0.2) is 0 Å². The third-order valence-corrected chi connectivity index (χ3v) is 0. The predicted octanol–water partition coefficient (Wildman–Crippen LogP) is -5.82. The minimum absolute atomic E-state index is 0. The second-order valence-corrected chi connectivity index (χ2v) is 1.34. The third kappa shape index (κ3) is 48.4. The quantitative estimate of drug-likeness (QED) is 0.416. The van der Waals surface area contributed by atoms with Crippen LogP contribution in [0.25, 0.3) is 0 Å². The number of phosphoric acid groups is 1. The SMILES string of the molecule is O=P([O-])([O-])[O-].[Cs+].[Zr+4]. The zero-order chi connectivity index (χ0) is 4.50. The summed E-state index contributed by atoms with van der Waals surface area (Å²) in [5, 5.41) is 0. The first-order chi connectivity index (χ1) is 2.00. The molecule has 0 aliphatic heterocycles. The Morgan fingerprint density at radius 3 is 1.14 bits per heavy atom. The standard InChI is InChI=1S/Cs.H3O4P.Zr/c;1-5(2,3)4;/h;(H3,1,2,3,4);/q+1;;+4/p-3. The Balaban J connectivity index is -0.0000000800. The van der Waals surface area contributed by atoms with E-state index in [0.29, 0.717) is 0 Å². The van der Waals surface area contributed by atoms with Crippen LogP contribution in [0.1, 0.15) is 0 Å². The molecule has 7 heteroatoms. The van der Waals surface area contributed by atoms with Crippen molar-refractivity contribution in [2.45, 2.75) is 0 Å². The van der Waals surface area contributed by atoms with Crippen LogP contribution in [0.15, 0.2) is 0 Å². The first-order valence-electron chi connectivity index (χ1n) is 0.730. The van der Waals surface area contributed by atoms with Gasteiger partial charge < -0.3 is 19.2 Å². The molecule has 0 bridgehead atoms. The van der Waals surface area contributed by atoms with Crippen LogP contribution in [0.4, 0.5) is 0 Å². The average Bonchev–Trinajstić information content (AvgIpc) is 0.722. The smallest absolute Gasteiger partial charge is 0.822 e. The summed E-state index contributed by atoms with van der Waals surface area (Å²) in [5.41, 5.74) is 0. The van der Waals surface area contributed by atoms with Crippen molar-refractivity contribution in [3.63, 3.8) is 0 Å². The van der Waals surface area contributed by atoms with E-state index in [0.717, 1.165) is 0 Å². The molecule has 0 saturated carbocycles. The van der Waals surface area contributed by atoms with Gasteiger partial charge in [-0.1, -0.05) is 0 Å². The average molecular weight is 319 g/mol. The summed E-state index contributed by atoms with van der Waals surface area (Å²) in [7, 11) is -5.39. The summed E-state index contributed by atoms with van der Waals surface area (Å²) in [6.07, 6.45) is 0. The summed E-state index contributed by atoms with van der Waals surface area (Å²) >= 11 is 0. The van der Waals surface area contributed by atoms with E-state index in [2.05, 4.69) is 0 Å². The van der Waals surface area contributed by atoms with E-state index in [1.54, 1.807) is 0 Å². The van der Waals surface area contributed by atoms with E-state index >= 15 is 0 Å². The van der Waals surface area contributed by atoms with E-state index in [9.17, 15) is 0 Å². The first-order valence-corrected chi connectivity index (χ1v) is 2.19. The van der Waals surface area contributed by atoms with Crippen molar-refractivity contribution in [1.82, 2.24) is 0 Å². The van der Waals surface area contributed by atoms with Crippen molar-refractivity contribution in [1.29, 1.82) is 0 Å². The van der Waals surface area contributed by atoms with Crippen LogP contribution in [0.2, 0.25) is 0 Å². The van der Waals surface area contributed by atoms with Crippen LogP contribution in [-0.2, 0) is 30.8 Å². The second kappa shape index (κ2) is 7.16. The van der Waals surface area contributed by atoms with Gasteiger partial charge >= 0.3 is 95.1 Å². The molecule has 0 aromatic rings. The maximum absolute atomic E-state index is 8.55. The topological polar surface area (TPSA) is 86.2 Å². The molecule has 0 atom stereocenters. The normalized spacial score (nSPS) is 8.43. The fourth-order valence-corrected chi connectivity index (χ4v) is 0. The van der Waals surface area contributed by atoms with Crippen molar-refractivity contribution in [3.8, 4) is 0 Å². The zero-order valence-corrected chi connectivity index (χ0v) is 13.2. The maximum atomic E-state index is 8.55. The Hall–Kier alpha value is 3.05. The molecule has 4 nitrogen and oxygen atoms in total. The molecule has 0 fully saturated rings. The van der Waals surface area contributed by atoms with E-state index < -0.39 is 7.82 Å². The summed E-state index contributed by atoms with van der Waals surface area (Å²) in [4.78, 5) is 25.6. The Morgan fingerprint density at radius 1 is 1.14 bits per heavy atom. The largest absolute Gasteiger partial charge is 4.00 e. The van der Waals surface area contributed by atoms with Gasteiger partial charge in [0, 0.05) is 0 Å². The summed E-state index contributed by atoms with van der Waals surface area (Å²) in [6, 6.07) is 0. The van der Waals surface area contributed by atoms with Crippen molar-refractivity contribution >= 4 is 7.82 Å². The van der Waals surface area contributed by atoms with E-state index in [4.69, 9.17) is 19.2 Å². The van der Waals surface area contributed by atoms with Gasteiger partial charge in [-0.3, -0.25) is 0 Å². The van der Waals surface area contributed by atoms with Gasteiger partial charge in [-0.15, -0.1) is 0 Å². The summed E-state index contributed by atoms with van der Waals surface area (Å²) in [6.45, 7) is 0. The molecule has 0 radical (unpaired) electrons. The molecule has 0 aliphatic rings. The Kier molecular flexibility index (Phi) is 16.9. The monoisotopic (exact) mass is 318 g/mol. The van der Waals surface area contributed by atoms with Crippen LogP contribution >= 0.6 is 7.82 Å². The van der Waals surface area contributed by atoms with E-state index in [1.807, 2.05) is 0 Å². The predicted molar refractivity (Wildman–Crippen MR) is 7.61 cm³/mol. The summed E-state index contributed by atoms with van der Waals surface area (Å²) in [5.74, 6) is 0. The van der Waals surface area contributed by atoms with Crippen LogP contribution in [0.5, 0.6) is 0 Å². The zero-order valence-electron chi connectivity index (χ0n) is 3.58. The minimum Gasteiger partial charge on any atom is -0.822 e. The molecule has 0 aromatic carbocycles. The minimum atomic E-state index is -5.39. The van der Waals surface area contributed by atoms with Gasteiger partial charge in [0.05, 0.1) is 0 Å². The van der Waals surface area contributed by atoms with Crippen molar-refractivity contribution in [3.05, 3.63) is 0 Å². The molecule has 0 aliphatic carbocycles. The van der Waals surface area contributed by atoms with Crippen LogP contribution in [0, 0.1) is 0 Å². The molecule has 0 spiro atoms. The molecule has 7 heavy (non-hydrogen) atoms. The van der Waals surface area contributed by atoms with Gasteiger partial charge in [0.25, 0.3) is 0 Å². The molecular weight excluding hydrogens is 319 g/mol. The van der Waals surface area contributed by atoms with Crippen LogP contribution < -0.4 is 83.6 Å². The Labute approximate surface area is 119 Å². The molecule has 32 valence electrons. The molecule has 0 N–H and O–H groups in total.